The van der Waals surface area contributed by atoms with E-state index in [0.717, 1.165) is 19.4 Å². The van der Waals surface area contributed by atoms with Gasteiger partial charge in [0.2, 0.25) is 5.78 Å². The molecule has 0 unspecified atom stereocenters. The first kappa shape index (κ1) is 20.7. The maximum atomic E-state index is 12.4. The van der Waals surface area contributed by atoms with E-state index in [-0.39, 0.29) is 11.9 Å². The van der Waals surface area contributed by atoms with Gasteiger partial charge in [-0.2, -0.15) is 0 Å². The molecule has 1 aliphatic heterocycles. The van der Waals surface area contributed by atoms with Crippen molar-refractivity contribution in [1.29, 1.82) is 0 Å². The molecule has 0 spiro atoms. The van der Waals surface area contributed by atoms with Gasteiger partial charge in [0.15, 0.2) is 6.61 Å². The number of hydrogen-bond donors (Lipinski definition) is 0. The molecule has 0 aromatic heterocycles. The Bertz CT molecular complexity index is 839. The van der Waals surface area contributed by atoms with Gasteiger partial charge in [-0.3, -0.25) is 4.79 Å². The van der Waals surface area contributed by atoms with Crippen molar-refractivity contribution in [2.75, 3.05) is 34.0 Å². The third-order valence-corrected chi connectivity index (χ3v) is 4.59. The van der Waals surface area contributed by atoms with E-state index in [9.17, 15) is 9.59 Å². The Hall–Kier alpha value is -3.06. The highest BCUT2D eigenvalue weighted by Gasteiger charge is 2.18. The molecule has 1 fully saturated rings. The van der Waals surface area contributed by atoms with Crippen molar-refractivity contribution >= 4 is 11.8 Å². The Kier molecular flexibility index (Phi) is 7.08. The minimum Gasteiger partial charge on any atom is -0.497 e. The fourth-order valence-corrected chi connectivity index (χ4v) is 2.97. The molecule has 2 aromatic rings. The minimum atomic E-state index is -0.587. The van der Waals surface area contributed by atoms with Crippen LogP contribution in [-0.4, -0.2) is 51.9 Å². The monoisotopic (exact) mass is 400 g/mol. The van der Waals surface area contributed by atoms with E-state index < -0.39 is 12.6 Å². The molecule has 0 N–H and O–H groups in total. The molecule has 0 aliphatic carbocycles. The molecule has 1 atom stereocenters. The second-order valence-corrected chi connectivity index (χ2v) is 6.54. The molecule has 3 rings (SSSR count). The highest BCUT2D eigenvalue weighted by molar-refractivity contribution is 6.01. The summed E-state index contributed by atoms with van der Waals surface area (Å²) in [6, 6.07) is 11.4. The molecule has 1 saturated heterocycles. The molecule has 0 amide bonds. The van der Waals surface area contributed by atoms with Crippen molar-refractivity contribution in [3.05, 3.63) is 53.6 Å². The molecule has 1 heterocycles. The van der Waals surface area contributed by atoms with E-state index in [1.165, 1.54) is 14.2 Å². The number of esters is 1. The van der Waals surface area contributed by atoms with Gasteiger partial charge >= 0.3 is 5.97 Å². The molecule has 0 radical (unpaired) electrons. The van der Waals surface area contributed by atoms with Crippen LogP contribution in [0.5, 0.6) is 17.2 Å². The smallest absolute Gasteiger partial charge is 0.338 e. The molecular formula is C22H24O7. The van der Waals surface area contributed by atoms with Crippen LogP contribution in [0.1, 0.15) is 33.6 Å². The van der Waals surface area contributed by atoms with Crippen LogP contribution in [0.25, 0.3) is 0 Å². The lowest BCUT2D eigenvalue weighted by Gasteiger charge is -2.12. The number of ketones is 1. The lowest BCUT2D eigenvalue weighted by Crippen LogP contribution is -2.16. The molecule has 0 saturated carbocycles. The van der Waals surface area contributed by atoms with Gasteiger partial charge in [-0.25, -0.2) is 4.79 Å². The van der Waals surface area contributed by atoms with Crippen molar-refractivity contribution in [3.8, 4) is 17.2 Å². The van der Waals surface area contributed by atoms with Gasteiger partial charge < -0.3 is 23.7 Å². The molecular weight excluding hydrogens is 376 g/mol. The van der Waals surface area contributed by atoms with Crippen molar-refractivity contribution in [1.82, 2.24) is 0 Å². The highest BCUT2D eigenvalue weighted by atomic mass is 16.5. The van der Waals surface area contributed by atoms with Crippen LogP contribution in [0.4, 0.5) is 0 Å². The van der Waals surface area contributed by atoms with Crippen molar-refractivity contribution in [2.24, 2.45) is 0 Å². The number of carbonyl (C=O) groups excluding carboxylic acids is 2. The molecule has 0 bridgehead atoms. The quantitative estimate of drug-likeness (QED) is 0.472. The Morgan fingerprint density at radius 3 is 2.45 bits per heavy atom. The van der Waals surface area contributed by atoms with Crippen molar-refractivity contribution in [3.63, 3.8) is 0 Å². The standard InChI is InChI=1S/C22H24O7/c1-25-17-9-10-19(21(12-17)26-2)20(23)14-29-22(24)15-5-7-16(8-6-15)28-13-18-4-3-11-27-18/h5-10,12,18H,3-4,11,13-14H2,1-2H3/t18-/m0/s1. The average Bonchev–Trinajstić information content (AvgIpc) is 3.29. The van der Waals surface area contributed by atoms with Gasteiger partial charge in [0.05, 0.1) is 31.5 Å². The number of methoxy groups -OCH3 is 2. The zero-order valence-electron chi connectivity index (χ0n) is 16.5. The van der Waals surface area contributed by atoms with E-state index in [4.69, 9.17) is 23.7 Å². The second-order valence-electron chi connectivity index (χ2n) is 6.54. The zero-order chi connectivity index (χ0) is 20.6. The van der Waals surface area contributed by atoms with Crippen molar-refractivity contribution in [2.45, 2.75) is 18.9 Å². The van der Waals surface area contributed by atoms with E-state index in [1.807, 2.05) is 0 Å². The normalized spacial score (nSPS) is 15.6. The molecule has 29 heavy (non-hydrogen) atoms. The summed E-state index contributed by atoms with van der Waals surface area (Å²) < 4.78 is 26.6. The zero-order valence-corrected chi connectivity index (χ0v) is 16.5. The van der Waals surface area contributed by atoms with Crippen molar-refractivity contribution < 1.29 is 33.3 Å². The van der Waals surface area contributed by atoms with Crippen LogP contribution in [-0.2, 0) is 9.47 Å². The van der Waals surface area contributed by atoms with Gasteiger partial charge in [-0.15, -0.1) is 0 Å². The number of Topliss-reactive ketones (excluding diaryl/α,β-unsaturated/α-hetero) is 1. The third-order valence-electron chi connectivity index (χ3n) is 4.59. The number of ether oxygens (including phenoxy) is 5. The van der Waals surface area contributed by atoms with Crippen LogP contribution < -0.4 is 14.2 Å². The van der Waals surface area contributed by atoms with E-state index in [2.05, 4.69) is 0 Å². The van der Waals surface area contributed by atoms with Gasteiger partial charge in [-0.05, 0) is 49.2 Å². The number of rotatable bonds is 9. The second kappa shape index (κ2) is 9.93. The highest BCUT2D eigenvalue weighted by Crippen LogP contribution is 2.25. The van der Waals surface area contributed by atoms with Gasteiger partial charge in [0, 0.05) is 12.7 Å². The molecule has 2 aromatic carbocycles. The van der Waals surface area contributed by atoms with Gasteiger partial charge in [-0.1, -0.05) is 0 Å². The van der Waals surface area contributed by atoms with E-state index >= 15 is 0 Å². The lowest BCUT2D eigenvalue weighted by molar-refractivity contribution is 0.0473. The molecule has 1 aliphatic rings. The Morgan fingerprint density at radius 2 is 1.79 bits per heavy atom. The summed E-state index contributed by atoms with van der Waals surface area (Å²) in [5.74, 6) is 0.623. The van der Waals surface area contributed by atoms with Crippen LogP contribution in [0.3, 0.4) is 0 Å². The number of carbonyl (C=O) groups is 2. The largest absolute Gasteiger partial charge is 0.497 e. The van der Waals surface area contributed by atoms with Crippen LogP contribution >= 0.6 is 0 Å². The predicted molar refractivity (Wildman–Crippen MR) is 105 cm³/mol. The van der Waals surface area contributed by atoms with Crippen LogP contribution in [0.15, 0.2) is 42.5 Å². The summed E-state index contributed by atoms with van der Waals surface area (Å²) in [4.78, 5) is 24.6. The Morgan fingerprint density at radius 1 is 1.03 bits per heavy atom. The molecule has 154 valence electrons. The minimum absolute atomic E-state index is 0.126. The first-order chi connectivity index (χ1) is 14.1. The summed E-state index contributed by atoms with van der Waals surface area (Å²) in [6.07, 6.45) is 2.18. The summed E-state index contributed by atoms with van der Waals surface area (Å²) >= 11 is 0. The summed E-state index contributed by atoms with van der Waals surface area (Å²) in [5.41, 5.74) is 0.656. The summed E-state index contributed by atoms with van der Waals surface area (Å²) in [5, 5.41) is 0. The fraction of sp³-hybridized carbons (Fsp3) is 0.364. The van der Waals surface area contributed by atoms with Gasteiger partial charge in [0.1, 0.15) is 23.9 Å². The SMILES string of the molecule is COc1ccc(C(=O)COC(=O)c2ccc(OC[C@@H]3CCCO3)cc2)c(OC)c1. The molecule has 7 heteroatoms. The molecule has 7 nitrogen and oxygen atoms in total. The lowest BCUT2D eigenvalue weighted by atomic mass is 10.1. The average molecular weight is 400 g/mol. The number of benzene rings is 2. The first-order valence-corrected chi connectivity index (χ1v) is 9.37. The van der Waals surface area contributed by atoms with E-state index in [0.29, 0.717) is 35.0 Å². The number of hydrogen-bond acceptors (Lipinski definition) is 7. The maximum Gasteiger partial charge on any atom is 0.338 e. The fourth-order valence-electron chi connectivity index (χ4n) is 2.97. The van der Waals surface area contributed by atoms with Crippen LogP contribution in [0.2, 0.25) is 0 Å². The Labute approximate surface area is 169 Å². The first-order valence-electron chi connectivity index (χ1n) is 9.37. The Balaban J connectivity index is 1.52. The predicted octanol–water partition coefficient (Wildman–Crippen LogP) is 3.30. The van der Waals surface area contributed by atoms with Gasteiger partial charge in [0.25, 0.3) is 0 Å². The van der Waals surface area contributed by atoms with E-state index in [1.54, 1.807) is 42.5 Å². The van der Waals surface area contributed by atoms with Crippen LogP contribution in [0, 0.1) is 0 Å². The summed E-state index contributed by atoms with van der Waals surface area (Å²) in [7, 11) is 2.98. The summed E-state index contributed by atoms with van der Waals surface area (Å²) in [6.45, 7) is 0.876. The maximum absolute atomic E-state index is 12.4. The third kappa shape index (κ3) is 5.48. The topological polar surface area (TPSA) is 80.3 Å².